The number of amides is 2. The summed E-state index contributed by atoms with van der Waals surface area (Å²) in [6.45, 7) is 4.46. The van der Waals surface area contributed by atoms with Crippen LogP contribution in [0.3, 0.4) is 0 Å². The Hall–Kier alpha value is -5.53. The maximum absolute atomic E-state index is 13.5. The average Bonchev–Trinajstić information content (AvgIpc) is 3.45. The second-order valence-corrected chi connectivity index (χ2v) is 12.2. The van der Waals surface area contributed by atoms with Gasteiger partial charge in [-0.3, -0.25) is 19.5 Å². The van der Waals surface area contributed by atoms with Crippen LogP contribution in [-0.4, -0.2) is 39.4 Å². The van der Waals surface area contributed by atoms with Crippen LogP contribution in [0.5, 0.6) is 0 Å². The molecule has 2 amide bonds. The first-order valence-corrected chi connectivity index (χ1v) is 16.3. The van der Waals surface area contributed by atoms with E-state index in [4.69, 9.17) is 0 Å². The van der Waals surface area contributed by atoms with Gasteiger partial charge in [0, 0.05) is 62.6 Å². The molecule has 0 fully saturated rings. The van der Waals surface area contributed by atoms with Gasteiger partial charge in [0.2, 0.25) is 11.8 Å². The van der Waals surface area contributed by atoms with E-state index in [2.05, 4.69) is 94.3 Å². The fraction of sp³-hybridized carbons (Fsp3) is 0.195. The second-order valence-electron chi connectivity index (χ2n) is 12.2. The van der Waals surface area contributed by atoms with Crippen molar-refractivity contribution < 1.29 is 9.59 Å². The van der Waals surface area contributed by atoms with Gasteiger partial charge in [-0.25, -0.2) is 0 Å². The van der Waals surface area contributed by atoms with Crippen LogP contribution in [0.4, 0.5) is 0 Å². The number of fused-ring (bicyclic) bond motifs is 1. The highest BCUT2D eigenvalue weighted by Crippen LogP contribution is 2.25. The number of pyridine rings is 1. The van der Waals surface area contributed by atoms with Crippen LogP contribution in [0.1, 0.15) is 27.8 Å². The van der Waals surface area contributed by atoms with Crippen molar-refractivity contribution in [3.05, 3.63) is 162 Å². The first kappa shape index (κ1) is 32.4. The third-order valence-corrected chi connectivity index (χ3v) is 8.76. The Bertz CT molecular complexity index is 1970. The standard InChI is InChI=1S/C41H41N5O2/c1-30-11-6-7-15-35(30)26-45(25-32-12-10-22-43-24-32)27-36-28-46(39-17-9-8-16-37(36)39)29-40(47)44-38(41(48)42-2)23-31-18-20-34(21-19-31)33-13-4-3-5-14-33/h3-22,24,28,38H,23,25-27,29H2,1-2H3,(H,42,48)(H,44,47). The maximum Gasteiger partial charge on any atom is 0.242 e. The summed E-state index contributed by atoms with van der Waals surface area (Å²) >= 11 is 0. The number of likely N-dealkylation sites (N-methyl/N-ethyl adjacent to an activating group) is 1. The monoisotopic (exact) mass is 635 g/mol. The quantitative estimate of drug-likeness (QED) is 0.148. The van der Waals surface area contributed by atoms with Crippen LogP contribution >= 0.6 is 0 Å². The molecule has 0 spiro atoms. The molecule has 4 aromatic carbocycles. The van der Waals surface area contributed by atoms with E-state index in [0.717, 1.165) is 51.8 Å². The predicted molar refractivity (Wildman–Crippen MR) is 192 cm³/mol. The van der Waals surface area contributed by atoms with Gasteiger partial charge >= 0.3 is 0 Å². The Morgan fingerprint density at radius 3 is 2.21 bits per heavy atom. The molecule has 0 aliphatic carbocycles. The molecule has 1 unspecified atom stereocenters. The molecule has 1 atom stereocenters. The lowest BCUT2D eigenvalue weighted by molar-refractivity contribution is -0.129. The van der Waals surface area contributed by atoms with Crippen molar-refractivity contribution in [3.63, 3.8) is 0 Å². The number of nitrogens with zero attached hydrogens (tertiary/aromatic N) is 3. The van der Waals surface area contributed by atoms with E-state index >= 15 is 0 Å². The predicted octanol–water partition coefficient (Wildman–Crippen LogP) is 6.69. The summed E-state index contributed by atoms with van der Waals surface area (Å²) in [6.07, 6.45) is 6.18. The number of carbonyl (C=O) groups is 2. The van der Waals surface area contributed by atoms with Gasteiger partial charge in [-0.15, -0.1) is 0 Å². The SMILES string of the molecule is CNC(=O)C(Cc1ccc(-c2ccccc2)cc1)NC(=O)Cn1cc(CN(Cc2cccnc2)Cc2ccccc2C)c2ccccc21. The zero-order chi connectivity index (χ0) is 33.3. The zero-order valence-corrected chi connectivity index (χ0v) is 27.5. The first-order valence-electron chi connectivity index (χ1n) is 16.3. The molecular weight excluding hydrogens is 594 g/mol. The summed E-state index contributed by atoms with van der Waals surface area (Å²) in [7, 11) is 1.60. The van der Waals surface area contributed by atoms with Crippen molar-refractivity contribution in [2.24, 2.45) is 0 Å². The van der Waals surface area contributed by atoms with Gasteiger partial charge in [0.25, 0.3) is 0 Å². The van der Waals surface area contributed by atoms with Crippen LogP contribution in [0, 0.1) is 6.92 Å². The molecule has 0 aliphatic rings. The van der Waals surface area contributed by atoms with Gasteiger partial charge in [0.05, 0.1) is 0 Å². The molecule has 0 radical (unpaired) electrons. The summed E-state index contributed by atoms with van der Waals surface area (Å²) in [5, 5.41) is 6.83. The van der Waals surface area contributed by atoms with E-state index in [1.807, 2.05) is 65.4 Å². The Labute approximate surface area is 282 Å². The fourth-order valence-corrected chi connectivity index (χ4v) is 6.24. The lowest BCUT2D eigenvalue weighted by Crippen LogP contribution is -2.47. The topological polar surface area (TPSA) is 79.3 Å². The smallest absolute Gasteiger partial charge is 0.242 e. The van der Waals surface area contributed by atoms with Crippen LogP contribution < -0.4 is 10.6 Å². The number of para-hydroxylation sites is 1. The molecule has 7 nitrogen and oxygen atoms in total. The number of carbonyl (C=O) groups excluding carboxylic acids is 2. The molecule has 2 aromatic heterocycles. The molecule has 0 bridgehead atoms. The number of benzene rings is 4. The number of aryl methyl sites for hydroxylation is 1. The molecule has 0 saturated carbocycles. The molecule has 0 aliphatic heterocycles. The minimum absolute atomic E-state index is 0.0986. The Morgan fingerprint density at radius 2 is 1.46 bits per heavy atom. The van der Waals surface area contributed by atoms with Crippen molar-refractivity contribution in [2.75, 3.05) is 7.05 Å². The third kappa shape index (κ3) is 8.06. The van der Waals surface area contributed by atoms with Crippen molar-refractivity contribution in [3.8, 4) is 11.1 Å². The van der Waals surface area contributed by atoms with E-state index in [0.29, 0.717) is 13.0 Å². The number of aromatic nitrogens is 2. The zero-order valence-electron chi connectivity index (χ0n) is 27.5. The minimum atomic E-state index is -0.699. The molecule has 242 valence electrons. The number of rotatable bonds is 13. The van der Waals surface area contributed by atoms with Crippen molar-refractivity contribution in [1.82, 2.24) is 25.1 Å². The lowest BCUT2D eigenvalue weighted by atomic mass is 10.0. The van der Waals surface area contributed by atoms with Crippen LogP contribution in [-0.2, 0) is 42.2 Å². The average molecular weight is 636 g/mol. The van der Waals surface area contributed by atoms with E-state index < -0.39 is 6.04 Å². The van der Waals surface area contributed by atoms with Gasteiger partial charge in [-0.05, 0) is 58.0 Å². The lowest BCUT2D eigenvalue weighted by Gasteiger charge is -2.23. The maximum atomic E-state index is 13.5. The van der Waals surface area contributed by atoms with Gasteiger partial charge in [0.1, 0.15) is 12.6 Å². The van der Waals surface area contributed by atoms with Crippen molar-refractivity contribution in [1.29, 1.82) is 0 Å². The van der Waals surface area contributed by atoms with Crippen molar-refractivity contribution >= 4 is 22.7 Å². The molecule has 6 rings (SSSR count). The summed E-state index contributed by atoms with van der Waals surface area (Å²) in [5.74, 6) is -0.445. The molecule has 6 aromatic rings. The number of hydrogen-bond donors (Lipinski definition) is 2. The normalized spacial score (nSPS) is 11.8. The van der Waals surface area contributed by atoms with Gasteiger partial charge in [-0.2, -0.15) is 0 Å². The molecule has 7 heteroatoms. The molecule has 2 heterocycles. The molecule has 48 heavy (non-hydrogen) atoms. The van der Waals surface area contributed by atoms with Crippen LogP contribution in [0.2, 0.25) is 0 Å². The van der Waals surface area contributed by atoms with E-state index in [1.54, 1.807) is 13.2 Å². The molecular formula is C41H41N5O2. The second kappa shape index (κ2) is 15.4. The molecule has 0 saturated heterocycles. The van der Waals surface area contributed by atoms with Crippen LogP contribution in [0.25, 0.3) is 22.0 Å². The highest BCUT2D eigenvalue weighted by Gasteiger charge is 2.22. The summed E-state index contributed by atoms with van der Waals surface area (Å²) in [5.41, 5.74) is 9.00. The minimum Gasteiger partial charge on any atom is -0.357 e. The van der Waals surface area contributed by atoms with Gasteiger partial charge < -0.3 is 15.2 Å². The van der Waals surface area contributed by atoms with E-state index in [1.165, 1.54) is 11.1 Å². The number of hydrogen-bond acceptors (Lipinski definition) is 4. The van der Waals surface area contributed by atoms with Crippen LogP contribution in [0.15, 0.2) is 134 Å². The highest BCUT2D eigenvalue weighted by molar-refractivity contribution is 5.89. The highest BCUT2D eigenvalue weighted by atomic mass is 16.2. The molecule has 2 N–H and O–H groups in total. The van der Waals surface area contributed by atoms with Crippen molar-refractivity contribution in [2.45, 2.75) is 45.6 Å². The Morgan fingerprint density at radius 1 is 0.750 bits per heavy atom. The number of nitrogens with one attached hydrogen (secondary N) is 2. The summed E-state index contributed by atoms with van der Waals surface area (Å²) in [4.78, 5) is 33.2. The third-order valence-electron chi connectivity index (χ3n) is 8.76. The summed E-state index contributed by atoms with van der Waals surface area (Å²) < 4.78 is 1.99. The van der Waals surface area contributed by atoms with E-state index in [9.17, 15) is 9.59 Å². The van der Waals surface area contributed by atoms with E-state index in [-0.39, 0.29) is 18.4 Å². The van der Waals surface area contributed by atoms with Gasteiger partial charge in [-0.1, -0.05) is 103 Å². The van der Waals surface area contributed by atoms with Gasteiger partial charge in [0.15, 0.2) is 0 Å². The first-order chi connectivity index (χ1) is 23.5. The Kier molecular flexibility index (Phi) is 10.4. The largest absolute Gasteiger partial charge is 0.357 e. The summed E-state index contributed by atoms with van der Waals surface area (Å²) in [6, 6.07) is 38.4. The fourth-order valence-electron chi connectivity index (χ4n) is 6.24. The Balaban J connectivity index is 1.19.